The fourth-order valence-corrected chi connectivity index (χ4v) is 2.25. The van der Waals surface area contributed by atoms with Crippen LogP contribution in [0.15, 0.2) is 18.3 Å². The van der Waals surface area contributed by atoms with Crippen molar-refractivity contribution in [2.45, 2.75) is 40.2 Å². The van der Waals surface area contributed by atoms with Gasteiger partial charge in [-0.15, -0.1) is 0 Å². The Morgan fingerprint density at radius 1 is 1.44 bits per heavy atom. The van der Waals surface area contributed by atoms with Gasteiger partial charge in [-0.25, -0.2) is 0 Å². The van der Waals surface area contributed by atoms with Gasteiger partial charge in [-0.05, 0) is 42.7 Å². The van der Waals surface area contributed by atoms with E-state index in [0.29, 0.717) is 5.41 Å². The second-order valence-electron chi connectivity index (χ2n) is 5.39. The van der Waals surface area contributed by atoms with Crippen LogP contribution in [-0.2, 0) is 6.54 Å². The highest BCUT2D eigenvalue weighted by Crippen LogP contribution is 2.51. The number of aryl methyl sites for hydroxylation is 1. The highest BCUT2D eigenvalue weighted by molar-refractivity contribution is 5.17. The maximum Gasteiger partial charge on any atom is 0.0570 e. The molecule has 1 heterocycles. The molecule has 0 spiro atoms. The summed E-state index contributed by atoms with van der Waals surface area (Å²) in [6.45, 7) is 8.84. The number of nitrogens with zero attached hydrogens (tertiary/aromatic N) is 1. The van der Waals surface area contributed by atoms with Crippen LogP contribution < -0.4 is 5.32 Å². The molecular formula is C14H22N2. The van der Waals surface area contributed by atoms with Crippen molar-refractivity contribution < 1.29 is 0 Å². The number of hydrogen-bond acceptors (Lipinski definition) is 2. The summed E-state index contributed by atoms with van der Waals surface area (Å²) >= 11 is 0. The standard InChI is InChI=1S/C14H22N2/c1-11(2)14(6-7-14)10-15-9-13-12(3)5-4-8-16-13/h4-5,8,11,15H,6-7,9-10H2,1-3H3. The molecule has 2 rings (SSSR count). The fourth-order valence-electron chi connectivity index (χ4n) is 2.25. The molecule has 1 saturated carbocycles. The van der Waals surface area contributed by atoms with E-state index in [1.54, 1.807) is 0 Å². The third-order valence-corrected chi connectivity index (χ3v) is 4.00. The first-order chi connectivity index (χ1) is 7.64. The Hall–Kier alpha value is -0.890. The summed E-state index contributed by atoms with van der Waals surface area (Å²) in [5.41, 5.74) is 3.05. The summed E-state index contributed by atoms with van der Waals surface area (Å²) in [6.07, 6.45) is 4.65. The Balaban J connectivity index is 1.83. The molecule has 2 heteroatoms. The van der Waals surface area contributed by atoms with Crippen molar-refractivity contribution in [3.05, 3.63) is 29.6 Å². The first kappa shape index (κ1) is 11.6. The average Bonchev–Trinajstić information content (AvgIpc) is 3.02. The number of hydrogen-bond donors (Lipinski definition) is 1. The summed E-state index contributed by atoms with van der Waals surface area (Å²) in [7, 11) is 0. The normalized spacial score (nSPS) is 17.8. The van der Waals surface area contributed by atoms with Crippen molar-refractivity contribution in [3.8, 4) is 0 Å². The molecule has 1 aromatic heterocycles. The Labute approximate surface area is 98.5 Å². The minimum absolute atomic E-state index is 0.586. The maximum atomic E-state index is 4.40. The van der Waals surface area contributed by atoms with Crippen LogP contribution in [0.25, 0.3) is 0 Å². The van der Waals surface area contributed by atoms with Gasteiger partial charge in [0.25, 0.3) is 0 Å². The lowest BCUT2D eigenvalue weighted by atomic mass is 9.92. The van der Waals surface area contributed by atoms with Crippen LogP contribution >= 0.6 is 0 Å². The summed E-state index contributed by atoms with van der Waals surface area (Å²) in [5, 5.41) is 3.56. The lowest BCUT2D eigenvalue weighted by Gasteiger charge is -2.20. The van der Waals surface area contributed by atoms with E-state index in [2.05, 4.69) is 37.1 Å². The van der Waals surface area contributed by atoms with Gasteiger partial charge in [0.05, 0.1) is 5.69 Å². The molecule has 0 aromatic carbocycles. The van der Waals surface area contributed by atoms with Crippen molar-refractivity contribution in [2.24, 2.45) is 11.3 Å². The Morgan fingerprint density at radius 3 is 2.75 bits per heavy atom. The van der Waals surface area contributed by atoms with E-state index in [1.807, 2.05) is 12.3 Å². The summed E-state index contributed by atoms with van der Waals surface area (Å²) in [4.78, 5) is 4.40. The molecule has 1 aliphatic rings. The smallest absolute Gasteiger partial charge is 0.0570 e. The lowest BCUT2D eigenvalue weighted by molar-refractivity contribution is 0.337. The number of aromatic nitrogens is 1. The number of pyridine rings is 1. The molecule has 1 fully saturated rings. The lowest BCUT2D eigenvalue weighted by Crippen LogP contribution is -2.27. The number of rotatable bonds is 5. The van der Waals surface area contributed by atoms with Gasteiger partial charge in [0.15, 0.2) is 0 Å². The van der Waals surface area contributed by atoms with Gasteiger partial charge >= 0.3 is 0 Å². The van der Waals surface area contributed by atoms with Crippen LogP contribution in [0.4, 0.5) is 0 Å². The fraction of sp³-hybridized carbons (Fsp3) is 0.643. The van der Waals surface area contributed by atoms with Crippen molar-refractivity contribution >= 4 is 0 Å². The Morgan fingerprint density at radius 2 is 2.19 bits per heavy atom. The second-order valence-corrected chi connectivity index (χ2v) is 5.39. The van der Waals surface area contributed by atoms with Gasteiger partial charge in [0, 0.05) is 19.3 Å². The van der Waals surface area contributed by atoms with Crippen LogP contribution in [0.3, 0.4) is 0 Å². The molecular weight excluding hydrogens is 196 g/mol. The van der Waals surface area contributed by atoms with E-state index in [9.17, 15) is 0 Å². The molecule has 88 valence electrons. The molecule has 16 heavy (non-hydrogen) atoms. The highest BCUT2D eigenvalue weighted by Gasteiger charge is 2.44. The van der Waals surface area contributed by atoms with E-state index >= 15 is 0 Å². The topological polar surface area (TPSA) is 24.9 Å². The quantitative estimate of drug-likeness (QED) is 0.822. The van der Waals surface area contributed by atoms with Crippen molar-refractivity contribution in [3.63, 3.8) is 0 Å². The third-order valence-electron chi connectivity index (χ3n) is 4.00. The monoisotopic (exact) mass is 218 g/mol. The van der Waals surface area contributed by atoms with Crippen LogP contribution in [0.1, 0.15) is 37.9 Å². The molecule has 0 unspecified atom stereocenters. The molecule has 0 amide bonds. The molecule has 1 aromatic rings. The van der Waals surface area contributed by atoms with Gasteiger partial charge in [0.1, 0.15) is 0 Å². The van der Waals surface area contributed by atoms with Gasteiger partial charge in [-0.1, -0.05) is 19.9 Å². The van der Waals surface area contributed by atoms with Crippen LogP contribution in [0.5, 0.6) is 0 Å². The van der Waals surface area contributed by atoms with E-state index in [0.717, 1.165) is 19.0 Å². The average molecular weight is 218 g/mol. The molecule has 1 N–H and O–H groups in total. The molecule has 0 saturated heterocycles. The van der Waals surface area contributed by atoms with Crippen LogP contribution in [-0.4, -0.2) is 11.5 Å². The van der Waals surface area contributed by atoms with Crippen LogP contribution in [0, 0.1) is 18.3 Å². The van der Waals surface area contributed by atoms with Gasteiger partial charge in [-0.3, -0.25) is 4.98 Å². The SMILES string of the molecule is Cc1cccnc1CNCC1(C(C)C)CC1. The summed E-state index contributed by atoms with van der Waals surface area (Å²) in [6, 6.07) is 4.12. The predicted octanol–water partition coefficient (Wildman–Crippen LogP) is 2.92. The first-order valence-corrected chi connectivity index (χ1v) is 6.25. The molecule has 0 aliphatic heterocycles. The molecule has 0 atom stereocenters. The van der Waals surface area contributed by atoms with E-state index < -0.39 is 0 Å². The molecule has 0 radical (unpaired) electrons. The summed E-state index contributed by atoms with van der Waals surface area (Å²) < 4.78 is 0. The maximum absolute atomic E-state index is 4.40. The molecule has 1 aliphatic carbocycles. The van der Waals surface area contributed by atoms with Crippen molar-refractivity contribution in [2.75, 3.05) is 6.54 Å². The Bertz CT molecular complexity index is 354. The summed E-state index contributed by atoms with van der Waals surface area (Å²) in [5.74, 6) is 0.796. The molecule has 2 nitrogen and oxygen atoms in total. The zero-order valence-corrected chi connectivity index (χ0v) is 10.6. The minimum atomic E-state index is 0.586. The second kappa shape index (κ2) is 4.54. The predicted molar refractivity (Wildman–Crippen MR) is 67.2 cm³/mol. The zero-order chi connectivity index (χ0) is 11.6. The third kappa shape index (κ3) is 2.43. The van der Waals surface area contributed by atoms with Gasteiger partial charge < -0.3 is 5.32 Å². The van der Waals surface area contributed by atoms with Gasteiger partial charge in [-0.2, -0.15) is 0 Å². The van der Waals surface area contributed by atoms with E-state index in [1.165, 1.54) is 24.1 Å². The van der Waals surface area contributed by atoms with E-state index in [4.69, 9.17) is 0 Å². The largest absolute Gasteiger partial charge is 0.311 e. The first-order valence-electron chi connectivity index (χ1n) is 6.25. The van der Waals surface area contributed by atoms with Gasteiger partial charge in [0.2, 0.25) is 0 Å². The highest BCUT2D eigenvalue weighted by atomic mass is 14.9. The van der Waals surface area contributed by atoms with Crippen molar-refractivity contribution in [1.82, 2.24) is 10.3 Å². The van der Waals surface area contributed by atoms with Crippen molar-refractivity contribution in [1.29, 1.82) is 0 Å². The molecule has 0 bridgehead atoms. The zero-order valence-electron chi connectivity index (χ0n) is 10.6. The minimum Gasteiger partial charge on any atom is -0.311 e. The van der Waals surface area contributed by atoms with E-state index in [-0.39, 0.29) is 0 Å². The number of nitrogens with one attached hydrogen (secondary N) is 1. The Kier molecular flexibility index (Phi) is 3.29. The van der Waals surface area contributed by atoms with Crippen LogP contribution in [0.2, 0.25) is 0 Å².